The van der Waals surface area contributed by atoms with Crippen molar-refractivity contribution in [1.29, 1.82) is 0 Å². The van der Waals surface area contributed by atoms with Gasteiger partial charge in [0.05, 0.1) is 0 Å². The van der Waals surface area contributed by atoms with Crippen LogP contribution in [0.4, 0.5) is 0 Å². The van der Waals surface area contributed by atoms with E-state index in [9.17, 15) is 0 Å². The Hall–Kier alpha value is -3.52. The van der Waals surface area contributed by atoms with Crippen LogP contribution in [0.1, 0.15) is 55.7 Å². The van der Waals surface area contributed by atoms with Crippen LogP contribution in [0.3, 0.4) is 0 Å². The largest absolute Gasteiger partial charge is 0.488 e. The van der Waals surface area contributed by atoms with Crippen molar-refractivity contribution in [3.05, 3.63) is 83.4 Å². The van der Waals surface area contributed by atoms with Gasteiger partial charge in [0.2, 0.25) is 6.79 Å². The topological polar surface area (TPSA) is 52.6 Å². The van der Waals surface area contributed by atoms with Gasteiger partial charge in [-0.1, -0.05) is 37.3 Å². The van der Waals surface area contributed by atoms with Gasteiger partial charge in [0, 0.05) is 20.2 Å². The molecule has 2 saturated heterocycles. The molecule has 0 saturated carbocycles. The van der Waals surface area contributed by atoms with Crippen molar-refractivity contribution < 1.29 is 23.7 Å². The molecule has 0 unspecified atom stereocenters. The molecule has 0 aliphatic carbocycles. The number of allylic oxidation sites excluding steroid dienone is 1. The molecule has 7 nitrogen and oxygen atoms in total. The average molecular weight is 585 g/mol. The zero-order valence-electron chi connectivity index (χ0n) is 25.6. The number of hydrogen-bond donors (Lipinski definition) is 0. The van der Waals surface area contributed by atoms with E-state index in [0.29, 0.717) is 0 Å². The lowest BCUT2D eigenvalue weighted by molar-refractivity contribution is 0.0511. The molecule has 7 heteroatoms. The molecular formula is C36H44N2O5. The Balaban J connectivity index is 1.30. The number of benzene rings is 3. The maximum Gasteiger partial charge on any atom is 0.231 e. The van der Waals surface area contributed by atoms with Crippen LogP contribution in [0.5, 0.6) is 23.0 Å². The predicted molar refractivity (Wildman–Crippen MR) is 170 cm³/mol. The van der Waals surface area contributed by atoms with Gasteiger partial charge >= 0.3 is 0 Å². The van der Waals surface area contributed by atoms with E-state index in [-0.39, 0.29) is 19.7 Å². The summed E-state index contributed by atoms with van der Waals surface area (Å²) in [5, 5.41) is 0. The minimum atomic E-state index is 0.163. The maximum atomic E-state index is 6.70. The highest BCUT2D eigenvalue weighted by Crippen LogP contribution is 2.40. The van der Waals surface area contributed by atoms with Crippen molar-refractivity contribution in [2.75, 3.05) is 60.0 Å². The lowest BCUT2D eigenvalue weighted by Gasteiger charge is -2.28. The molecule has 0 aromatic heterocycles. The Bertz CT molecular complexity index is 1340. The molecule has 3 aromatic carbocycles. The summed E-state index contributed by atoms with van der Waals surface area (Å²) in [6, 6.07) is 23.1. The molecule has 228 valence electrons. The van der Waals surface area contributed by atoms with E-state index < -0.39 is 0 Å². The third-order valence-corrected chi connectivity index (χ3v) is 8.63. The molecule has 3 aliphatic heterocycles. The SMILES string of the molecule is CCC(=C(c1ccc(OCOC)cc1)c1ccc(OC(CN2CCCC2)CN2CCCC2)cc1)c1ccc2c(c1)OCO2. The van der Waals surface area contributed by atoms with Gasteiger partial charge < -0.3 is 23.7 Å². The molecule has 0 spiro atoms. The van der Waals surface area contributed by atoms with Gasteiger partial charge in [0.1, 0.15) is 17.6 Å². The maximum absolute atomic E-state index is 6.70. The van der Waals surface area contributed by atoms with Crippen molar-refractivity contribution >= 4 is 11.1 Å². The molecule has 0 atom stereocenters. The highest BCUT2D eigenvalue weighted by molar-refractivity contribution is 5.99. The second-order valence-corrected chi connectivity index (χ2v) is 11.6. The zero-order chi connectivity index (χ0) is 29.4. The summed E-state index contributed by atoms with van der Waals surface area (Å²) in [6.45, 7) is 9.40. The van der Waals surface area contributed by atoms with Crippen LogP contribution >= 0.6 is 0 Å². The summed E-state index contributed by atoms with van der Waals surface area (Å²) in [5.74, 6) is 3.28. The Labute approximate surface area is 255 Å². The van der Waals surface area contributed by atoms with Gasteiger partial charge in [-0.2, -0.15) is 0 Å². The van der Waals surface area contributed by atoms with E-state index >= 15 is 0 Å². The highest BCUT2D eigenvalue weighted by Gasteiger charge is 2.24. The first-order chi connectivity index (χ1) is 21.2. The summed E-state index contributed by atoms with van der Waals surface area (Å²) in [4.78, 5) is 5.13. The monoisotopic (exact) mass is 584 g/mol. The van der Waals surface area contributed by atoms with Crippen LogP contribution in [0, 0.1) is 0 Å². The Kier molecular flexibility index (Phi) is 9.83. The zero-order valence-corrected chi connectivity index (χ0v) is 25.6. The number of ether oxygens (including phenoxy) is 5. The fraction of sp³-hybridized carbons (Fsp3) is 0.444. The fourth-order valence-corrected chi connectivity index (χ4v) is 6.50. The summed E-state index contributed by atoms with van der Waals surface area (Å²) < 4.78 is 28.8. The lowest BCUT2D eigenvalue weighted by atomic mass is 9.88. The van der Waals surface area contributed by atoms with Crippen molar-refractivity contribution in [3.63, 3.8) is 0 Å². The number of likely N-dealkylation sites (tertiary alicyclic amines) is 2. The number of nitrogens with zero attached hydrogens (tertiary/aromatic N) is 2. The first kappa shape index (κ1) is 29.5. The summed E-state index contributed by atoms with van der Waals surface area (Å²) in [7, 11) is 1.63. The fourth-order valence-electron chi connectivity index (χ4n) is 6.50. The van der Waals surface area contributed by atoms with Crippen molar-refractivity contribution in [2.24, 2.45) is 0 Å². The minimum absolute atomic E-state index is 0.163. The molecule has 3 heterocycles. The van der Waals surface area contributed by atoms with E-state index in [0.717, 1.165) is 59.2 Å². The van der Waals surface area contributed by atoms with Crippen LogP contribution in [0.2, 0.25) is 0 Å². The first-order valence-electron chi connectivity index (χ1n) is 15.8. The van der Waals surface area contributed by atoms with Crippen LogP contribution < -0.4 is 18.9 Å². The number of fused-ring (bicyclic) bond motifs is 1. The first-order valence-corrected chi connectivity index (χ1v) is 15.8. The lowest BCUT2D eigenvalue weighted by Crippen LogP contribution is -2.41. The third kappa shape index (κ3) is 7.35. The summed E-state index contributed by atoms with van der Waals surface area (Å²) in [6.07, 6.45) is 6.19. The van der Waals surface area contributed by atoms with Crippen LogP contribution in [0.15, 0.2) is 66.7 Å². The molecule has 3 aliphatic rings. The summed E-state index contributed by atoms with van der Waals surface area (Å²) >= 11 is 0. The van der Waals surface area contributed by atoms with Gasteiger partial charge in [0.25, 0.3) is 0 Å². The molecule has 0 bridgehead atoms. The van der Waals surface area contributed by atoms with Crippen LogP contribution in [-0.4, -0.2) is 75.9 Å². The second kappa shape index (κ2) is 14.3. The number of hydrogen-bond acceptors (Lipinski definition) is 7. The second-order valence-electron chi connectivity index (χ2n) is 11.6. The van der Waals surface area contributed by atoms with Gasteiger partial charge in [-0.15, -0.1) is 0 Å². The van der Waals surface area contributed by atoms with Crippen LogP contribution in [-0.2, 0) is 4.74 Å². The standard InChI is InChI=1S/C36H44N2O5/c1-3-33(29-12-17-34-35(22-29)42-26-41-34)36(27-8-13-30(14-9-27)40-25-39-2)28-10-15-31(16-11-28)43-32(23-37-18-4-5-19-37)24-38-20-6-7-21-38/h8-17,22,32H,3-7,18-21,23-26H2,1-2H3. The van der Waals surface area contributed by atoms with E-state index in [1.165, 1.54) is 63.0 Å². The Morgan fingerprint density at radius 2 is 1.28 bits per heavy atom. The Morgan fingerprint density at radius 1 is 0.721 bits per heavy atom. The van der Waals surface area contributed by atoms with E-state index in [1.807, 2.05) is 18.2 Å². The normalized spacial score (nSPS) is 17.5. The molecule has 0 radical (unpaired) electrons. The van der Waals surface area contributed by atoms with Crippen LogP contribution in [0.25, 0.3) is 11.1 Å². The average Bonchev–Trinajstić information content (AvgIpc) is 3.83. The molecule has 3 aromatic rings. The molecule has 0 amide bonds. The summed E-state index contributed by atoms with van der Waals surface area (Å²) in [5.41, 5.74) is 5.80. The minimum Gasteiger partial charge on any atom is -0.488 e. The van der Waals surface area contributed by atoms with E-state index in [1.54, 1.807) is 7.11 Å². The third-order valence-electron chi connectivity index (χ3n) is 8.63. The number of rotatable bonds is 13. The predicted octanol–water partition coefficient (Wildman–Crippen LogP) is 6.71. The van der Waals surface area contributed by atoms with Crippen molar-refractivity contribution in [2.45, 2.75) is 45.1 Å². The van der Waals surface area contributed by atoms with E-state index in [2.05, 4.69) is 65.3 Å². The van der Waals surface area contributed by atoms with E-state index in [4.69, 9.17) is 23.7 Å². The van der Waals surface area contributed by atoms with Gasteiger partial charge in [-0.25, -0.2) is 0 Å². The van der Waals surface area contributed by atoms with Crippen molar-refractivity contribution in [3.8, 4) is 23.0 Å². The van der Waals surface area contributed by atoms with Crippen molar-refractivity contribution in [1.82, 2.24) is 9.80 Å². The Morgan fingerprint density at radius 3 is 1.86 bits per heavy atom. The number of methoxy groups -OCH3 is 1. The van der Waals surface area contributed by atoms with Gasteiger partial charge in [-0.05, 0) is 123 Å². The highest BCUT2D eigenvalue weighted by atomic mass is 16.7. The molecule has 6 rings (SSSR count). The van der Waals surface area contributed by atoms with Gasteiger partial charge in [0.15, 0.2) is 18.3 Å². The van der Waals surface area contributed by atoms with Gasteiger partial charge in [-0.3, -0.25) is 9.80 Å². The molecular weight excluding hydrogens is 540 g/mol. The smallest absolute Gasteiger partial charge is 0.231 e. The molecule has 0 N–H and O–H groups in total. The quantitative estimate of drug-likeness (QED) is 0.164. The molecule has 2 fully saturated rings. The molecule has 43 heavy (non-hydrogen) atoms.